The highest BCUT2D eigenvalue weighted by molar-refractivity contribution is 6.01. The van der Waals surface area contributed by atoms with Gasteiger partial charge in [-0.1, -0.05) is 26.8 Å². The van der Waals surface area contributed by atoms with E-state index in [9.17, 15) is 15.0 Å². The average molecular weight is 290 g/mol. The Morgan fingerprint density at radius 2 is 2.10 bits per heavy atom. The standard InChI is InChI=1S/C16H22N2O3/c1-4-6-14-17-12-8-5-7-11(16(20)21)15(12)18(14)13(9-19)10(2)3/h5,7-8,10,13,19H,4,6,9H2,1-3H3,(H,20,21)/t13-/m0/s1. The molecule has 5 nitrogen and oxygen atoms in total. The molecule has 1 aromatic carbocycles. The van der Waals surface area contributed by atoms with E-state index in [1.165, 1.54) is 0 Å². The van der Waals surface area contributed by atoms with Crippen molar-refractivity contribution in [3.05, 3.63) is 29.6 Å². The monoisotopic (exact) mass is 290 g/mol. The largest absolute Gasteiger partial charge is 0.478 e. The van der Waals surface area contributed by atoms with Crippen LogP contribution in [-0.4, -0.2) is 32.3 Å². The van der Waals surface area contributed by atoms with Crippen LogP contribution in [0.5, 0.6) is 0 Å². The van der Waals surface area contributed by atoms with Crippen LogP contribution in [0.2, 0.25) is 0 Å². The van der Waals surface area contributed by atoms with E-state index in [4.69, 9.17) is 0 Å². The highest BCUT2D eigenvalue weighted by Gasteiger charge is 2.24. The molecule has 21 heavy (non-hydrogen) atoms. The van der Waals surface area contributed by atoms with Gasteiger partial charge in [0.2, 0.25) is 0 Å². The average Bonchev–Trinajstić information content (AvgIpc) is 2.78. The van der Waals surface area contributed by atoms with Gasteiger partial charge in [-0.3, -0.25) is 0 Å². The predicted molar refractivity (Wildman–Crippen MR) is 81.6 cm³/mol. The molecule has 0 aliphatic carbocycles. The quantitative estimate of drug-likeness (QED) is 0.857. The number of aryl methyl sites for hydroxylation is 1. The third kappa shape index (κ3) is 2.78. The second kappa shape index (κ2) is 6.26. The smallest absolute Gasteiger partial charge is 0.337 e. The normalized spacial score (nSPS) is 13.0. The summed E-state index contributed by atoms with van der Waals surface area (Å²) >= 11 is 0. The van der Waals surface area contributed by atoms with Crippen molar-refractivity contribution in [3.8, 4) is 0 Å². The first-order valence-corrected chi connectivity index (χ1v) is 7.35. The number of rotatable bonds is 6. The number of aliphatic hydroxyl groups is 1. The van der Waals surface area contributed by atoms with Crippen LogP contribution >= 0.6 is 0 Å². The molecule has 0 spiro atoms. The molecule has 2 rings (SSSR count). The van der Waals surface area contributed by atoms with Crippen LogP contribution in [0.25, 0.3) is 11.0 Å². The van der Waals surface area contributed by atoms with Crippen LogP contribution in [0.4, 0.5) is 0 Å². The molecule has 0 amide bonds. The Morgan fingerprint density at radius 3 is 2.62 bits per heavy atom. The number of hydrogen-bond donors (Lipinski definition) is 2. The van der Waals surface area contributed by atoms with Gasteiger partial charge in [-0.2, -0.15) is 0 Å². The number of carboxylic acid groups (broad SMARTS) is 1. The van der Waals surface area contributed by atoms with E-state index >= 15 is 0 Å². The Balaban J connectivity index is 2.79. The van der Waals surface area contributed by atoms with Crippen LogP contribution in [0.15, 0.2) is 18.2 Å². The minimum absolute atomic E-state index is 0.0339. The van der Waals surface area contributed by atoms with Crippen LogP contribution in [0, 0.1) is 5.92 Å². The van der Waals surface area contributed by atoms with E-state index in [0.717, 1.165) is 18.7 Å². The number of benzene rings is 1. The summed E-state index contributed by atoms with van der Waals surface area (Å²) in [5.74, 6) is 0.0593. The maximum atomic E-state index is 11.5. The lowest BCUT2D eigenvalue weighted by Gasteiger charge is -2.23. The number of hydrogen-bond acceptors (Lipinski definition) is 3. The van der Waals surface area contributed by atoms with Crippen molar-refractivity contribution in [2.24, 2.45) is 5.92 Å². The number of aliphatic hydroxyl groups excluding tert-OH is 1. The molecule has 0 aliphatic rings. The number of aromatic carboxylic acids is 1. The van der Waals surface area contributed by atoms with Gasteiger partial charge in [0.05, 0.1) is 29.2 Å². The molecule has 0 saturated carbocycles. The van der Waals surface area contributed by atoms with Gasteiger partial charge in [0.15, 0.2) is 0 Å². The van der Waals surface area contributed by atoms with Crippen molar-refractivity contribution in [1.82, 2.24) is 9.55 Å². The van der Waals surface area contributed by atoms with Gasteiger partial charge in [0, 0.05) is 6.42 Å². The van der Waals surface area contributed by atoms with Gasteiger partial charge in [-0.25, -0.2) is 9.78 Å². The molecule has 5 heteroatoms. The summed E-state index contributed by atoms with van der Waals surface area (Å²) in [6, 6.07) is 4.96. The summed E-state index contributed by atoms with van der Waals surface area (Å²) in [7, 11) is 0. The lowest BCUT2D eigenvalue weighted by molar-refractivity contribution is 0.0698. The maximum Gasteiger partial charge on any atom is 0.337 e. The van der Waals surface area contributed by atoms with Gasteiger partial charge >= 0.3 is 5.97 Å². The minimum Gasteiger partial charge on any atom is -0.478 e. The highest BCUT2D eigenvalue weighted by atomic mass is 16.4. The molecule has 0 saturated heterocycles. The van der Waals surface area contributed by atoms with Crippen LogP contribution in [-0.2, 0) is 6.42 Å². The molecule has 1 aromatic heterocycles. The second-order valence-electron chi connectivity index (χ2n) is 5.62. The third-order valence-corrected chi connectivity index (χ3v) is 3.78. The number of carboxylic acids is 1. The van der Waals surface area contributed by atoms with Gasteiger partial charge in [0.25, 0.3) is 0 Å². The zero-order valence-corrected chi connectivity index (χ0v) is 12.7. The third-order valence-electron chi connectivity index (χ3n) is 3.78. The van der Waals surface area contributed by atoms with E-state index < -0.39 is 5.97 Å². The summed E-state index contributed by atoms with van der Waals surface area (Å²) in [6.07, 6.45) is 1.68. The van der Waals surface area contributed by atoms with Crippen LogP contribution in [0.3, 0.4) is 0 Å². The maximum absolute atomic E-state index is 11.5. The van der Waals surface area contributed by atoms with E-state index in [-0.39, 0.29) is 24.1 Å². The molecule has 1 heterocycles. The van der Waals surface area contributed by atoms with Gasteiger partial charge in [-0.15, -0.1) is 0 Å². The Kier molecular flexibility index (Phi) is 4.63. The lowest BCUT2D eigenvalue weighted by Crippen LogP contribution is -2.22. The lowest BCUT2D eigenvalue weighted by atomic mass is 10.0. The summed E-state index contributed by atoms with van der Waals surface area (Å²) in [5.41, 5.74) is 1.53. The molecule has 114 valence electrons. The first kappa shape index (κ1) is 15.5. The summed E-state index contributed by atoms with van der Waals surface area (Å²) in [5, 5.41) is 19.2. The molecule has 2 N–H and O–H groups in total. The molecule has 1 atom stereocenters. The Morgan fingerprint density at radius 1 is 1.38 bits per heavy atom. The summed E-state index contributed by atoms with van der Waals surface area (Å²) in [6.45, 7) is 6.07. The highest BCUT2D eigenvalue weighted by Crippen LogP contribution is 2.29. The van der Waals surface area contributed by atoms with Crippen LogP contribution in [0.1, 0.15) is 49.4 Å². The molecule has 2 aromatic rings. The fourth-order valence-corrected chi connectivity index (χ4v) is 2.72. The fraction of sp³-hybridized carbons (Fsp3) is 0.500. The van der Waals surface area contributed by atoms with Gasteiger partial charge in [0.1, 0.15) is 5.82 Å². The van der Waals surface area contributed by atoms with E-state index in [1.54, 1.807) is 12.1 Å². The number of fused-ring (bicyclic) bond motifs is 1. The van der Waals surface area contributed by atoms with E-state index in [2.05, 4.69) is 11.9 Å². The molecule has 0 aliphatic heterocycles. The van der Waals surface area contributed by atoms with E-state index in [1.807, 2.05) is 24.5 Å². The zero-order chi connectivity index (χ0) is 15.6. The molecule has 0 radical (unpaired) electrons. The molecule has 0 unspecified atom stereocenters. The van der Waals surface area contributed by atoms with Crippen molar-refractivity contribution >= 4 is 17.0 Å². The van der Waals surface area contributed by atoms with Crippen molar-refractivity contribution in [2.45, 2.75) is 39.7 Å². The predicted octanol–water partition coefficient (Wildman–Crippen LogP) is 2.88. The van der Waals surface area contributed by atoms with E-state index in [0.29, 0.717) is 11.0 Å². The number of nitrogens with zero attached hydrogens (tertiary/aromatic N) is 2. The Labute approximate surface area is 124 Å². The molecular weight excluding hydrogens is 268 g/mol. The SMILES string of the molecule is CCCc1nc2cccc(C(=O)O)c2n1[C@@H](CO)C(C)C. The van der Waals surface area contributed by atoms with Crippen LogP contribution < -0.4 is 0 Å². The molecule has 0 fully saturated rings. The Bertz CT molecular complexity index is 646. The summed E-state index contributed by atoms with van der Waals surface area (Å²) in [4.78, 5) is 16.1. The number of aromatic nitrogens is 2. The summed E-state index contributed by atoms with van der Waals surface area (Å²) < 4.78 is 1.92. The minimum atomic E-state index is -0.967. The zero-order valence-electron chi connectivity index (χ0n) is 12.7. The van der Waals surface area contributed by atoms with Crippen molar-refractivity contribution < 1.29 is 15.0 Å². The fourth-order valence-electron chi connectivity index (χ4n) is 2.72. The van der Waals surface area contributed by atoms with Crippen molar-refractivity contribution in [2.75, 3.05) is 6.61 Å². The van der Waals surface area contributed by atoms with Gasteiger partial charge < -0.3 is 14.8 Å². The van der Waals surface area contributed by atoms with Crippen molar-refractivity contribution in [3.63, 3.8) is 0 Å². The first-order chi connectivity index (χ1) is 10.0. The Hall–Kier alpha value is -1.88. The van der Waals surface area contributed by atoms with Gasteiger partial charge in [-0.05, 0) is 24.5 Å². The van der Waals surface area contributed by atoms with Crippen molar-refractivity contribution in [1.29, 1.82) is 0 Å². The number of imidazole rings is 1. The molecule has 0 bridgehead atoms. The molecular formula is C16H22N2O3. The number of para-hydroxylation sites is 1. The number of carbonyl (C=O) groups is 1. The topological polar surface area (TPSA) is 75.3 Å². The second-order valence-corrected chi connectivity index (χ2v) is 5.62. The first-order valence-electron chi connectivity index (χ1n) is 7.35.